The Morgan fingerprint density at radius 3 is 1.43 bits per heavy atom. The molecule has 0 atom stereocenters. The zero-order valence-corrected chi connectivity index (χ0v) is 35.6. The molecule has 0 saturated carbocycles. The highest BCUT2D eigenvalue weighted by molar-refractivity contribution is 7.20. The fourth-order valence-corrected chi connectivity index (χ4v) is 15.2. The lowest BCUT2D eigenvalue weighted by Gasteiger charge is -2.34. The molecule has 63 heavy (non-hydrogen) atoms. The van der Waals surface area contributed by atoms with Gasteiger partial charge in [0.2, 0.25) is 0 Å². The summed E-state index contributed by atoms with van der Waals surface area (Å²) in [6.45, 7) is 0. The molecule has 0 fully saturated rings. The second kappa shape index (κ2) is 15.2. The Labute approximate surface area is 368 Å². The molecule has 2 nitrogen and oxygen atoms in total. The third kappa shape index (κ3) is 5.85. The van der Waals surface area contributed by atoms with Crippen LogP contribution in [0.2, 0.25) is 0 Å². The highest BCUT2D eigenvalue weighted by Crippen LogP contribution is 2.42. The van der Waals surface area contributed by atoms with Crippen molar-refractivity contribution < 1.29 is 0 Å². The normalized spacial score (nSPS) is 11.8. The van der Waals surface area contributed by atoms with E-state index >= 15 is 0 Å². The highest BCUT2D eigenvalue weighted by Gasteiger charge is 2.41. The molecule has 2 aromatic heterocycles. The summed E-state index contributed by atoms with van der Waals surface area (Å²) >= 11 is 0. The van der Waals surface area contributed by atoms with E-state index in [1.807, 2.05) is 0 Å². The van der Waals surface area contributed by atoms with E-state index in [4.69, 9.17) is 0 Å². The summed E-state index contributed by atoms with van der Waals surface area (Å²) in [5, 5.41) is 10.4. The number of aromatic nitrogens is 2. The molecule has 0 aliphatic rings. The molecule has 296 valence electrons. The topological polar surface area (TPSA) is 9.86 Å². The maximum Gasteiger partial charge on any atom is 0.179 e. The molecule has 0 saturated heterocycles. The molecule has 0 unspecified atom stereocenters. The molecular weight excluding hydrogens is 777 g/mol. The van der Waals surface area contributed by atoms with E-state index in [0.717, 1.165) is 11.4 Å². The van der Waals surface area contributed by atoms with Crippen LogP contribution in [0.4, 0.5) is 0 Å². The van der Waals surface area contributed by atoms with Gasteiger partial charge in [-0.05, 0) is 73.8 Å². The standard InChI is InChI=1S/C60H42N2Si/c1-6-21-43(22-7-1)50-31-16-18-34-55(50)62-58-36-20-33-51(44-23-8-2-9-24-44)60(58)53-39-37-45(41-59(53)62)61-56-35-19-17-32-52(56)54-42-49(38-40-57(54)61)63(46-25-10-3-11-26-46,47-27-12-4-13-28-47)48-29-14-5-15-30-48/h1-42H. The smallest absolute Gasteiger partial charge is 0.179 e. The van der Waals surface area contributed by atoms with Crippen molar-refractivity contribution in [2.45, 2.75) is 0 Å². The summed E-state index contributed by atoms with van der Waals surface area (Å²) in [7, 11) is -2.75. The van der Waals surface area contributed by atoms with Gasteiger partial charge in [-0.3, -0.25) is 0 Å². The number of rotatable bonds is 8. The monoisotopic (exact) mass is 818 g/mol. The lowest BCUT2D eigenvalue weighted by atomic mass is 9.99. The van der Waals surface area contributed by atoms with Crippen molar-refractivity contribution in [3.05, 3.63) is 255 Å². The van der Waals surface area contributed by atoms with Crippen LogP contribution in [0, 0.1) is 0 Å². The van der Waals surface area contributed by atoms with Crippen molar-refractivity contribution in [1.82, 2.24) is 9.13 Å². The van der Waals surface area contributed by atoms with Crippen molar-refractivity contribution in [3.8, 4) is 33.6 Å². The fraction of sp³-hybridized carbons (Fsp3) is 0. The van der Waals surface area contributed by atoms with Gasteiger partial charge in [-0.15, -0.1) is 0 Å². The predicted octanol–water partition coefficient (Wildman–Crippen LogP) is 12.6. The van der Waals surface area contributed by atoms with E-state index in [9.17, 15) is 0 Å². The first-order valence-electron chi connectivity index (χ1n) is 21.8. The molecule has 12 rings (SSSR count). The van der Waals surface area contributed by atoms with Crippen LogP contribution in [0.1, 0.15) is 0 Å². The zero-order valence-electron chi connectivity index (χ0n) is 34.6. The molecule has 0 bridgehead atoms. The molecule has 0 aliphatic carbocycles. The maximum atomic E-state index is 2.52. The van der Waals surface area contributed by atoms with Crippen LogP contribution in [-0.4, -0.2) is 17.2 Å². The summed E-state index contributed by atoms with van der Waals surface area (Å²) in [4.78, 5) is 0. The Morgan fingerprint density at radius 2 is 0.778 bits per heavy atom. The first-order valence-corrected chi connectivity index (χ1v) is 23.8. The minimum absolute atomic E-state index is 1.13. The van der Waals surface area contributed by atoms with Crippen LogP contribution in [0.5, 0.6) is 0 Å². The fourth-order valence-electron chi connectivity index (χ4n) is 10.4. The first kappa shape index (κ1) is 36.8. The van der Waals surface area contributed by atoms with E-state index in [0.29, 0.717) is 0 Å². The van der Waals surface area contributed by atoms with E-state index in [2.05, 4.69) is 264 Å². The van der Waals surface area contributed by atoms with Crippen molar-refractivity contribution in [2.75, 3.05) is 0 Å². The third-order valence-corrected chi connectivity index (χ3v) is 17.8. The van der Waals surface area contributed by atoms with E-state index in [-0.39, 0.29) is 0 Å². The van der Waals surface area contributed by atoms with Gasteiger partial charge in [-0.2, -0.15) is 0 Å². The number of para-hydroxylation sites is 2. The van der Waals surface area contributed by atoms with Crippen molar-refractivity contribution >= 4 is 72.4 Å². The second-order valence-electron chi connectivity index (χ2n) is 16.4. The molecule has 2 heterocycles. The lowest BCUT2D eigenvalue weighted by Crippen LogP contribution is -2.74. The molecule has 0 radical (unpaired) electrons. The van der Waals surface area contributed by atoms with Gasteiger partial charge >= 0.3 is 0 Å². The van der Waals surface area contributed by atoms with Gasteiger partial charge in [0.25, 0.3) is 0 Å². The van der Waals surface area contributed by atoms with Crippen LogP contribution >= 0.6 is 0 Å². The van der Waals surface area contributed by atoms with Crippen LogP contribution in [-0.2, 0) is 0 Å². The second-order valence-corrected chi connectivity index (χ2v) is 20.2. The predicted molar refractivity (Wildman–Crippen MR) is 270 cm³/mol. The van der Waals surface area contributed by atoms with Crippen LogP contribution < -0.4 is 20.7 Å². The van der Waals surface area contributed by atoms with Crippen LogP contribution in [0.15, 0.2) is 255 Å². The van der Waals surface area contributed by atoms with Crippen molar-refractivity contribution in [3.63, 3.8) is 0 Å². The van der Waals surface area contributed by atoms with Gasteiger partial charge in [-0.25, -0.2) is 0 Å². The SMILES string of the molecule is c1ccc(-c2ccccc2-n2c3cc(-n4c5ccccc5c5cc([Si](c6ccccc6)(c6ccccc6)c6ccccc6)ccc54)ccc3c3c(-c4ccccc4)cccc32)cc1. The van der Waals surface area contributed by atoms with Gasteiger partial charge in [-0.1, -0.05) is 218 Å². The quantitative estimate of drug-likeness (QED) is 0.107. The number of hydrogen-bond donors (Lipinski definition) is 0. The van der Waals surface area contributed by atoms with Crippen molar-refractivity contribution in [1.29, 1.82) is 0 Å². The van der Waals surface area contributed by atoms with Crippen LogP contribution in [0.3, 0.4) is 0 Å². The zero-order chi connectivity index (χ0) is 41.7. The average Bonchev–Trinajstić information content (AvgIpc) is 3.88. The average molecular weight is 819 g/mol. The summed E-state index contributed by atoms with van der Waals surface area (Å²) in [5.41, 5.74) is 11.8. The van der Waals surface area contributed by atoms with Gasteiger partial charge in [0.1, 0.15) is 0 Å². The molecule has 0 spiro atoms. The Morgan fingerprint density at radius 1 is 0.270 bits per heavy atom. The number of nitrogens with zero attached hydrogens (tertiary/aromatic N) is 2. The molecule has 0 aliphatic heterocycles. The highest BCUT2D eigenvalue weighted by atomic mass is 28.3. The van der Waals surface area contributed by atoms with Crippen molar-refractivity contribution in [2.24, 2.45) is 0 Å². The Kier molecular flexibility index (Phi) is 8.87. The van der Waals surface area contributed by atoms with E-state index in [1.165, 1.54) is 86.6 Å². The minimum Gasteiger partial charge on any atom is -0.309 e. The number of fused-ring (bicyclic) bond motifs is 6. The van der Waals surface area contributed by atoms with Gasteiger partial charge in [0.05, 0.1) is 27.8 Å². The molecule has 10 aromatic carbocycles. The molecule has 0 N–H and O–H groups in total. The van der Waals surface area contributed by atoms with Gasteiger partial charge in [0.15, 0.2) is 8.07 Å². The molecule has 0 amide bonds. The molecule has 3 heteroatoms. The Bertz CT molecular complexity index is 3500. The number of benzene rings is 10. The summed E-state index contributed by atoms with van der Waals surface area (Å²) in [6.07, 6.45) is 0. The lowest BCUT2D eigenvalue weighted by molar-refractivity contribution is 1.16. The largest absolute Gasteiger partial charge is 0.309 e. The van der Waals surface area contributed by atoms with E-state index < -0.39 is 8.07 Å². The summed E-state index contributed by atoms with van der Waals surface area (Å²) in [6, 6.07) is 94.2. The van der Waals surface area contributed by atoms with Gasteiger partial charge < -0.3 is 9.13 Å². The number of hydrogen-bond acceptors (Lipinski definition) is 0. The summed E-state index contributed by atoms with van der Waals surface area (Å²) in [5.74, 6) is 0. The Balaban J connectivity index is 1.14. The van der Waals surface area contributed by atoms with Crippen LogP contribution in [0.25, 0.3) is 77.2 Å². The first-order chi connectivity index (χ1) is 31.3. The third-order valence-electron chi connectivity index (χ3n) is 13.1. The van der Waals surface area contributed by atoms with E-state index in [1.54, 1.807) is 0 Å². The van der Waals surface area contributed by atoms with Gasteiger partial charge in [0, 0.05) is 32.8 Å². The summed E-state index contributed by atoms with van der Waals surface area (Å²) < 4.78 is 4.97. The molecular formula is C60H42N2Si. The minimum atomic E-state index is -2.75. The molecule has 12 aromatic rings. The maximum absolute atomic E-state index is 2.75. The Hall–Kier alpha value is -7.98.